The van der Waals surface area contributed by atoms with E-state index in [4.69, 9.17) is 5.73 Å². The molecule has 4 nitrogen and oxygen atoms in total. The quantitative estimate of drug-likeness (QED) is 0.771. The van der Waals surface area contributed by atoms with Crippen molar-refractivity contribution in [3.63, 3.8) is 0 Å². The molecule has 0 radical (unpaired) electrons. The summed E-state index contributed by atoms with van der Waals surface area (Å²) >= 11 is 0. The zero-order chi connectivity index (χ0) is 14.5. The predicted octanol–water partition coefficient (Wildman–Crippen LogP) is 1.50. The highest BCUT2D eigenvalue weighted by Crippen LogP contribution is 2.17. The lowest BCUT2D eigenvalue weighted by Gasteiger charge is -2.26. The molecule has 0 bridgehead atoms. The molecule has 1 aromatic rings. The van der Waals surface area contributed by atoms with E-state index in [1.807, 2.05) is 51.1 Å². The van der Waals surface area contributed by atoms with Gasteiger partial charge < -0.3 is 16.2 Å². The maximum absolute atomic E-state index is 11.8. The van der Waals surface area contributed by atoms with Crippen LogP contribution >= 0.6 is 12.4 Å². The van der Waals surface area contributed by atoms with E-state index in [1.165, 1.54) is 0 Å². The summed E-state index contributed by atoms with van der Waals surface area (Å²) in [6, 6.07) is 9.11. The van der Waals surface area contributed by atoms with Gasteiger partial charge in [-0.15, -0.1) is 12.4 Å². The molecule has 1 aromatic carbocycles. The number of carbonyl (C=O) groups is 1. The molecule has 1 unspecified atom stereocenters. The third-order valence-electron chi connectivity index (χ3n) is 3.04. The van der Waals surface area contributed by atoms with Crippen molar-refractivity contribution in [2.45, 2.75) is 39.3 Å². The zero-order valence-electron chi connectivity index (χ0n) is 12.3. The van der Waals surface area contributed by atoms with E-state index in [1.54, 1.807) is 0 Å². The van der Waals surface area contributed by atoms with Crippen LogP contribution in [-0.4, -0.2) is 29.7 Å². The Hall–Kier alpha value is -1.10. The van der Waals surface area contributed by atoms with Gasteiger partial charge in [0.2, 0.25) is 5.91 Å². The second-order valence-electron chi connectivity index (χ2n) is 5.93. The number of hydrogen-bond donors (Lipinski definition) is 3. The van der Waals surface area contributed by atoms with Gasteiger partial charge in [0, 0.05) is 13.0 Å². The number of hydrogen-bond acceptors (Lipinski definition) is 3. The van der Waals surface area contributed by atoms with Crippen molar-refractivity contribution in [2.75, 3.05) is 6.54 Å². The second kappa shape index (κ2) is 8.25. The van der Waals surface area contributed by atoms with Gasteiger partial charge in [0.25, 0.3) is 0 Å². The van der Waals surface area contributed by atoms with E-state index in [2.05, 4.69) is 5.32 Å². The molecule has 0 fully saturated rings. The number of carbonyl (C=O) groups excluding carboxylic acids is 1. The number of nitrogens with one attached hydrogen (secondary N) is 1. The van der Waals surface area contributed by atoms with Gasteiger partial charge in [0.1, 0.15) is 0 Å². The summed E-state index contributed by atoms with van der Waals surface area (Å²) < 4.78 is 0. The Morgan fingerprint density at radius 3 is 2.35 bits per heavy atom. The van der Waals surface area contributed by atoms with E-state index >= 15 is 0 Å². The summed E-state index contributed by atoms with van der Waals surface area (Å²) in [5.74, 6) is -0.223. The summed E-state index contributed by atoms with van der Waals surface area (Å²) in [5, 5.41) is 12.6. The van der Waals surface area contributed by atoms with Crippen LogP contribution in [-0.2, 0) is 11.2 Å². The lowest BCUT2D eigenvalue weighted by Crippen LogP contribution is -2.50. The Labute approximate surface area is 127 Å². The fourth-order valence-electron chi connectivity index (χ4n) is 1.68. The van der Waals surface area contributed by atoms with Crippen LogP contribution in [0.3, 0.4) is 0 Å². The van der Waals surface area contributed by atoms with Gasteiger partial charge in [-0.25, -0.2) is 0 Å². The van der Waals surface area contributed by atoms with Crippen LogP contribution < -0.4 is 11.1 Å². The smallest absolute Gasteiger partial charge is 0.237 e. The van der Waals surface area contributed by atoms with Crippen LogP contribution in [0.1, 0.15) is 26.3 Å². The summed E-state index contributed by atoms with van der Waals surface area (Å²) in [7, 11) is 0. The summed E-state index contributed by atoms with van der Waals surface area (Å²) in [6.07, 6.45) is -0.0789. The summed E-state index contributed by atoms with van der Waals surface area (Å²) in [6.45, 7) is 5.96. The van der Waals surface area contributed by atoms with Crippen LogP contribution in [0.2, 0.25) is 0 Å². The number of aliphatic hydroxyl groups excluding tert-OH is 1. The highest BCUT2D eigenvalue weighted by molar-refractivity contribution is 5.85. The van der Waals surface area contributed by atoms with E-state index in [0.29, 0.717) is 6.42 Å². The third-order valence-corrected chi connectivity index (χ3v) is 3.04. The first-order valence-corrected chi connectivity index (χ1v) is 6.56. The fraction of sp³-hybridized carbons (Fsp3) is 0.533. The van der Waals surface area contributed by atoms with Crippen molar-refractivity contribution in [1.29, 1.82) is 0 Å². The Morgan fingerprint density at radius 2 is 1.85 bits per heavy atom. The Morgan fingerprint density at radius 1 is 1.30 bits per heavy atom. The van der Waals surface area contributed by atoms with Crippen LogP contribution in [0.5, 0.6) is 0 Å². The average molecular weight is 301 g/mol. The summed E-state index contributed by atoms with van der Waals surface area (Å²) in [4.78, 5) is 11.8. The molecule has 0 aromatic heterocycles. The molecule has 2 atom stereocenters. The molecular weight excluding hydrogens is 276 g/mol. The monoisotopic (exact) mass is 300 g/mol. The maximum atomic E-state index is 11.8. The molecule has 0 aliphatic rings. The van der Waals surface area contributed by atoms with Crippen LogP contribution in [0.15, 0.2) is 30.3 Å². The lowest BCUT2D eigenvalue weighted by molar-refractivity contribution is -0.124. The molecule has 5 heteroatoms. The highest BCUT2D eigenvalue weighted by atomic mass is 35.5. The van der Waals surface area contributed by atoms with Gasteiger partial charge in [-0.1, -0.05) is 51.1 Å². The predicted molar refractivity (Wildman–Crippen MR) is 83.8 cm³/mol. The maximum Gasteiger partial charge on any atom is 0.237 e. The molecule has 114 valence electrons. The average Bonchev–Trinajstić information content (AvgIpc) is 2.35. The van der Waals surface area contributed by atoms with E-state index in [0.717, 1.165) is 5.56 Å². The Bertz CT molecular complexity index is 404. The number of halogens is 1. The molecule has 1 rings (SSSR count). The van der Waals surface area contributed by atoms with Gasteiger partial charge in [0.05, 0.1) is 12.1 Å². The van der Waals surface area contributed by atoms with Gasteiger partial charge in [-0.05, 0) is 11.0 Å². The minimum atomic E-state index is -0.599. The normalized spacial score (nSPS) is 14.1. The van der Waals surface area contributed by atoms with Crippen molar-refractivity contribution in [1.82, 2.24) is 5.32 Å². The standard InChI is InChI=1S/C15H24N2O2.ClH/c1-15(2,3)13(16)14(19)17-10-12(18)9-11-7-5-4-6-8-11;/h4-8,12-13,18H,9-10,16H2,1-3H3,(H,17,19);1H/t12?,13-;/m1./s1. The molecule has 0 saturated heterocycles. The number of rotatable bonds is 5. The molecule has 20 heavy (non-hydrogen) atoms. The lowest BCUT2D eigenvalue weighted by atomic mass is 9.87. The molecule has 0 heterocycles. The minimum absolute atomic E-state index is 0. The van der Waals surface area contributed by atoms with Crippen LogP contribution in [0.4, 0.5) is 0 Å². The second-order valence-corrected chi connectivity index (χ2v) is 5.93. The number of benzene rings is 1. The largest absolute Gasteiger partial charge is 0.391 e. The molecule has 0 aliphatic heterocycles. The minimum Gasteiger partial charge on any atom is -0.391 e. The fourth-order valence-corrected chi connectivity index (χ4v) is 1.68. The Balaban J connectivity index is 0.00000361. The zero-order valence-corrected chi connectivity index (χ0v) is 13.1. The number of aliphatic hydroxyl groups is 1. The SMILES string of the molecule is CC(C)(C)[C@H](N)C(=O)NCC(O)Cc1ccccc1.Cl. The number of amides is 1. The van der Waals surface area contributed by atoms with Crippen molar-refractivity contribution in [2.24, 2.45) is 11.1 Å². The van der Waals surface area contributed by atoms with Crippen LogP contribution in [0, 0.1) is 5.41 Å². The van der Waals surface area contributed by atoms with E-state index < -0.39 is 12.1 Å². The molecule has 4 N–H and O–H groups in total. The molecule has 0 spiro atoms. The number of nitrogens with two attached hydrogens (primary N) is 1. The van der Waals surface area contributed by atoms with Crippen molar-refractivity contribution in [3.8, 4) is 0 Å². The molecule has 1 amide bonds. The topological polar surface area (TPSA) is 75.4 Å². The van der Waals surface area contributed by atoms with Gasteiger partial charge in [0.15, 0.2) is 0 Å². The Kier molecular flexibility index (Phi) is 7.79. The first-order chi connectivity index (χ1) is 8.80. The van der Waals surface area contributed by atoms with Gasteiger partial charge in [-0.3, -0.25) is 4.79 Å². The van der Waals surface area contributed by atoms with Crippen molar-refractivity contribution in [3.05, 3.63) is 35.9 Å². The first kappa shape index (κ1) is 18.9. The van der Waals surface area contributed by atoms with E-state index in [9.17, 15) is 9.90 Å². The van der Waals surface area contributed by atoms with Crippen molar-refractivity contribution < 1.29 is 9.90 Å². The molecular formula is C15H25ClN2O2. The molecule has 0 aliphatic carbocycles. The van der Waals surface area contributed by atoms with Crippen molar-refractivity contribution >= 4 is 18.3 Å². The molecule has 0 saturated carbocycles. The van der Waals surface area contributed by atoms with Gasteiger partial charge >= 0.3 is 0 Å². The van der Waals surface area contributed by atoms with Gasteiger partial charge in [-0.2, -0.15) is 0 Å². The van der Waals surface area contributed by atoms with Crippen LogP contribution in [0.25, 0.3) is 0 Å². The third kappa shape index (κ3) is 6.37. The summed E-state index contributed by atoms with van der Waals surface area (Å²) in [5.41, 5.74) is 6.60. The van der Waals surface area contributed by atoms with E-state index in [-0.39, 0.29) is 30.3 Å². The first-order valence-electron chi connectivity index (χ1n) is 6.56. The highest BCUT2D eigenvalue weighted by Gasteiger charge is 2.27.